The first-order chi connectivity index (χ1) is 10.6. The van der Waals surface area contributed by atoms with E-state index in [-0.39, 0.29) is 5.91 Å². The monoisotopic (exact) mass is 300 g/mol. The Balaban J connectivity index is 1.61. The summed E-state index contributed by atoms with van der Waals surface area (Å²) in [7, 11) is 0. The number of nitrogens with one attached hydrogen (secondary N) is 1. The average molecular weight is 300 g/mol. The van der Waals surface area contributed by atoms with Gasteiger partial charge in [0.05, 0.1) is 5.92 Å². The number of H-pyrrole nitrogens is 1. The number of aromatic amines is 1. The second kappa shape index (κ2) is 6.22. The Labute approximate surface area is 128 Å². The largest absolute Gasteiger partial charge is 0.481 e. The summed E-state index contributed by atoms with van der Waals surface area (Å²) < 4.78 is 0. The van der Waals surface area contributed by atoms with Gasteiger partial charge in [-0.3, -0.25) is 9.59 Å². The lowest BCUT2D eigenvalue weighted by atomic mass is 9.97. The van der Waals surface area contributed by atoms with Crippen molar-refractivity contribution >= 4 is 22.8 Å². The van der Waals surface area contributed by atoms with Crippen LogP contribution in [0.25, 0.3) is 10.9 Å². The molecule has 1 atom stereocenters. The topological polar surface area (TPSA) is 73.4 Å². The molecule has 0 saturated carbocycles. The fourth-order valence-corrected chi connectivity index (χ4v) is 3.14. The van der Waals surface area contributed by atoms with Gasteiger partial charge in [-0.05, 0) is 30.9 Å². The van der Waals surface area contributed by atoms with Crippen molar-refractivity contribution in [3.63, 3.8) is 0 Å². The summed E-state index contributed by atoms with van der Waals surface area (Å²) in [4.78, 5) is 28.3. The van der Waals surface area contributed by atoms with E-state index in [0.717, 1.165) is 22.9 Å². The maximum Gasteiger partial charge on any atom is 0.308 e. The summed E-state index contributed by atoms with van der Waals surface area (Å²) in [6.07, 6.45) is 4.50. The van der Waals surface area contributed by atoms with E-state index in [4.69, 9.17) is 5.11 Å². The highest BCUT2D eigenvalue weighted by Crippen LogP contribution is 2.21. The van der Waals surface area contributed by atoms with Crippen molar-refractivity contribution in [1.82, 2.24) is 9.88 Å². The van der Waals surface area contributed by atoms with Crippen molar-refractivity contribution in [1.29, 1.82) is 0 Å². The molecule has 2 heterocycles. The van der Waals surface area contributed by atoms with E-state index in [2.05, 4.69) is 4.98 Å². The number of likely N-dealkylation sites (tertiary alicyclic amines) is 1. The van der Waals surface area contributed by atoms with Crippen LogP contribution >= 0.6 is 0 Å². The highest BCUT2D eigenvalue weighted by Gasteiger charge is 2.27. The number of carbonyl (C=O) groups excluding carboxylic acids is 1. The molecule has 1 aromatic heterocycles. The van der Waals surface area contributed by atoms with Crippen LogP contribution in [0, 0.1) is 5.92 Å². The van der Waals surface area contributed by atoms with Crippen LogP contribution in [0.1, 0.15) is 24.8 Å². The van der Waals surface area contributed by atoms with E-state index in [1.807, 2.05) is 30.5 Å². The molecular weight excluding hydrogens is 280 g/mol. The smallest absolute Gasteiger partial charge is 0.308 e. The highest BCUT2D eigenvalue weighted by molar-refractivity contribution is 5.84. The van der Waals surface area contributed by atoms with Gasteiger partial charge in [0.1, 0.15) is 0 Å². The van der Waals surface area contributed by atoms with Crippen LogP contribution in [0.3, 0.4) is 0 Å². The maximum atomic E-state index is 12.3. The molecule has 1 aromatic carbocycles. The average Bonchev–Trinajstić information content (AvgIpc) is 2.96. The number of carboxylic acid groups (broad SMARTS) is 1. The molecule has 0 aliphatic carbocycles. The molecule has 3 rings (SSSR count). The number of piperidine rings is 1. The van der Waals surface area contributed by atoms with Gasteiger partial charge in [0.15, 0.2) is 0 Å². The van der Waals surface area contributed by atoms with Crippen LogP contribution in [0.15, 0.2) is 30.5 Å². The van der Waals surface area contributed by atoms with Gasteiger partial charge in [0.2, 0.25) is 5.91 Å². The van der Waals surface area contributed by atoms with Crippen molar-refractivity contribution in [2.24, 2.45) is 5.92 Å². The number of hydrogen-bond donors (Lipinski definition) is 2. The first-order valence-corrected chi connectivity index (χ1v) is 7.70. The van der Waals surface area contributed by atoms with E-state index in [9.17, 15) is 9.59 Å². The Morgan fingerprint density at radius 3 is 2.95 bits per heavy atom. The summed E-state index contributed by atoms with van der Waals surface area (Å²) in [5.41, 5.74) is 2.21. The van der Waals surface area contributed by atoms with Crippen LogP contribution in [-0.4, -0.2) is 40.0 Å². The zero-order chi connectivity index (χ0) is 15.5. The van der Waals surface area contributed by atoms with E-state index >= 15 is 0 Å². The highest BCUT2D eigenvalue weighted by atomic mass is 16.4. The standard InChI is InChI=1S/C17H20N2O3/c20-16(19-9-3-4-13(11-19)17(21)22)8-7-12-10-18-15-6-2-1-5-14(12)15/h1-2,5-6,10,13,18H,3-4,7-9,11H2,(H,21,22)/t13-/m0/s1. The molecule has 2 N–H and O–H groups in total. The van der Waals surface area contributed by atoms with Gasteiger partial charge < -0.3 is 15.0 Å². The second-order valence-corrected chi connectivity index (χ2v) is 5.88. The minimum atomic E-state index is -0.797. The Kier molecular flexibility index (Phi) is 4.13. The molecule has 1 fully saturated rings. The lowest BCUT2D eigenvalue weighted by Gasteiger charge is -2.30. The van der Waals surface area contributed by atoms with Crippen LogP contribution in [-0.2, 0) is 16.0 Å². The quantitative estimate of drug-likeness (QED) is 0.910. The SMILES string of the molecule is O=C(O)[C@H]1CCCN(C(=O)CCc2c[nH]c3ccccc23)C1. The molecule has 1 saturated heterocycles. The third-order valence-corrected chi connectivity index (χ3v) is 4.41. The third kappa shape index (κ3) is 2.98. The number of hydrogen-bond acceptors (Lipinski definition) is 2. The van der Waals surface area contributed by atoms with Gasteiger partial charge in [-0.25, -0.2) is 0 Å². The van der Waals surface area contributed by atoms with E-state index in [1.165, 1.54) is 0 Å². The maximum absolute atomic E-state index is 12.3. The predicted molar refractivity (Wildman–Crippen MR) is 83.6 cm³/mol. The van der Waals surface area contributed by atoms with Crippen LogP contribution < -0.4 is 0 Å². The Morgan fingerprint density at radius 2 is 2.14 bits per heavy atom. The predicted octanol–water partition coefficient (Wildman–Crippen LogP) is 2.42. The molecule has 1 aliphatic rings. The molecule has 2 aromatic rings. The number of carbonyl (C=O) groups is 2. The third-order valence-electron chi connectivity index (χ3n) is 4.41. The minimum Gasteiger partial charge on any atom is -0.481 e. The number of aromatic nitrogens is 1. The number of rotatable bonds is 4. The number of aliphatic carboxylic acids is 1. The van der Waals surface area contributed by atoms with Crippen molar-refractivity contribution in [2.75, 3.05) is 13.1 Å². The van der Waals surface area contributed by atoms with Gasteiger partial charge in [-0.1, -0.05) is 18.2 Å². The lowest BCUT2D eigenvalue weighted by molar-refractivity contribution is -0.145. The second-order valence-electron chi connectivity index (χ2n) is 5.88. The summed E-state index contributed by atoms with van der Waals surface area (Å²) in [6.45, 7) is 1.03. The molecule has 1 amide bonds. The first-order valence-electron chi connectivity index (χ1n) is 7.70. The number of carboxylic acids is 1. The number of para-hydroxylation sites is 1. The fourth-order valence-electron chi connectivity index (χ4n) is 3.14. The summed E-state index contributed by atoms with van der Waals surface area (Å²) in [5.74, 6) is -1.16. The van der Waals surface area contributed by atoms with Crippen LogP contribution in [0.5, 0.6) is 0 Å². The Morgan fingerprint density at radius 1 is 1.32 bits per heavy atom. The van der Waals surface area contributed by atoms with E-state index in [1.54, 1.807) is 4.90 Å². The summed E-state index contributed by atoms with van der Waals surface area (Å²) >= 11 is 0. The van der Waals surface area contributed by atoms with Crippen LogP contribution in [0.2, 0.25) is 0 Å². The molecule has 22 heavy (non-hydrogen) atoms. The van der Waals surface area contributed by atoms with Crippen molar-refractivity contribution in [3.8, 4) is 0 Å². The van der Waals surface area contributed by atoms with Gasteiger partial charge in [0, 0.05) is 36.6 Å². The molecule has 0 spiro atoms. The van der Waals surface area contributed by atoms with Crippen molar-refractivity contribution < 1.29 is 14.7 Å². The molecule has 0 radical (unpaired) electrons. The van der Waals surface area contributed by atoms with Gasteiger partial charge in [-0.2, -0.15) is 0 Å². The van der Waals surface area contributed by atoms with E-state index < -0.39 is 11.9 Å². The molecule has 0 bridgehead atoms. The minimum absolute atomic E-state index is 0.0521. The van der Waals surface area contributed by atoms with Crippen LogP contribution in [0.4, 0.5) is 0 Å². The molecule has 1 aliphatic heterocycles. The number of fused-ring (bicyclic) bond motifs is 1. The Bertz CT molecular complexity index is 692. The molecule has 5 nitrogen and oxygen atoms in total. The first kappa shape index (κ1) is 14.6. The summed E-state index contributed by atoms with van der Waals surface area (Å²) in [6, 6.07) is 8.03. The fraction of sp³-hybridized carbons (Fsp3) is 0.412. The molecular formula is C17H20N2O3. The van der Waals surface area contributed by atoms with Gasteiger partial charge in [0.25, 0.3) is 0 Å². The lowest BCUT2D eigenvalue weighted by Crippen LogP contribution is -2.42. The number of benzene rings is 1. The van der Waals surface area contributed by atoms with Gasteiger partial charge in [-0.15, -0.1) is 0 Å². The van der Waals surface area contributed by atoms with E-state index in [0.29, 0.717) is 32.4 Å². The normalized spacial score (nSPS) is 18.5. The molecule has 116 valence electrons. The molecule has 0 unspecified atom stereocenters. The van der Waals surface area contributed by atoms with Gasteiger partial charge >= 0.3 is 5.97 Å². The number of nitrogens with zero attached hydrogens (tertiary/aromatic N) is 1. The Hall–Kier alpha value is -2.30. The zero-order valence-corrected chi connectivity index (χ0v) is 12.4. The van der Waals surface area contributed by atoms with Crippen molar-refractivity contribution in [2.45, 2.75) is 25.7 Å². The zero-order valence-electron chi connectivity index (χ0n) is 12.4. The summed E-state index contributed by atoms with van der Waals surface area (Å²) in [5, 5.41) is 10.2. The molecule has 5 heteroatoms. The van der Waals surface area contributed by atoms with Crippen molar-refractivity contribution in [3.05, 3.63) is 36.0 Å². The number of aryl methyl sites for hydroxylation is 1. The number of amides is 1.